The van der Waals surface area contributed by atoms with E-state index >= 15 is 4.20 Å². The summed E-state index contributed by atoms with van der Waals surface area (Å²) in [6, 6.07) is 0. The lowest BCUT2D eigenvalue weighted by atomic mass is 10.1. The summed E-state index contributed by atoms with van der Waals surface area (Å²) in [5, 5.41) is 0. The van der Waals surface area contributed by atoms with Gasteiger partial charge in [0.05, 0.1) is 0 Å². The molecule has 0 bridgehead atoms. The quantitative estimate of drug-likeness (QED) is 0.455. The fraction of sp³-hybridized carbons (Fsp3) is 1.00. The summed E-state index contributed by atoms with van der Waals surface area (Å²) >= 11 is 0. The SMILES string of the molecule is CCC[P+](F)(CCC)N(C(C)(C)C)[Si](C)(C)C. The van der Waals surface area contributed by atoms with E-state index in [9.17, 15) is 0 Å². The molecule has 1 nitrogen and oxygen atoms in total. The Labute approximate surface area is 110 Å². The van der Waals surface area contributed by atoms with E-state index in [0.717, 1.165) is 25.2 Å². The van der Waals surface area contributed by atoms with Gasteiger partial charge in [0.15, 0.2) is 8.24 Å². The van der Waals surface area contributed by atoms with Crippen molar-refractivity contribution in [2.75, 3.05) is 12.3 Å². The molecule has 0 amide bonds. The van der Waals surface area contributed by atoms with Crippen LogP contribution in [0.2, 0.25) is 19.6 Å². The third-order valence-corrected chi connectivity index (χ3v) is 11.2. The van der Waals surface area contributed by atoms with Crippen LogP contribution >= 0.6 is 7.72 Å². The van der Waals surface area contributed by atoms with Gasteiger partial charge in [-0.25, -0.2) is 0 Å². The van der Waals surface area contributed by atoms with Gasteiger partial charge in [-0.2, -0.15) is 4.34 Å². The first-order chi connectivity index (χ1) is 7.49. The molecule has 0 radical (unpaired) electrons. The van der Waals surface area contributed by atoms with Crippen molar-refractivity contribution in [3.05, 3.63) is 0 Å². The van der Waals surface area contributed by atoms with Crippen LogP contribution in [0, 0.1) is 0 Å². The Morgan fingerprint density at radius 2 is 1.35 bits per heavy atom. The van der Waals surface area contributed by atoms with Gasteiger partial charge in [0.25, 0.3) is 7.72 Å². The predicted molar refractivity (Wildman–Crippen MR) is 83.3 cm³/mol. The lowest BCUT2D eigenvalue weighted by molar-refractivity contribution is 0.350. The minimum absolute atomic E-state index is 0.0443. The predicted octanol–water partition coefficient (Wildman–Crippen LogP) is 5.56. The smallest absolute Gasteiger partial charge is 0.172 e. The minimum atomic E-state index is -2.43. The van der Waals surface area contributed by atoms with Gasteiger partial charge in [0.1, 0.15) is 12.3 Å². The summed E-state index contributed by atoms with van der Waals surface area (Å²) < 4.78 is 17.8. The molecule has 4 heteroatoms. The van der Waals surface area contributed by atoms with Crippen molar-refractivity contribution in [2.45, 2.75) is 72.6 Å². The average Bonchev–Trinajstić information content (AvgIpc) is 1.97. The molecule has 17 heavy (non-hydrogen) atoms. The molecule has 0 unspecified atom stereocenters. The van der Waals surface area contributed by atoms with Gasteiger partial charge in [-0.15, -0.1) is 0 Å². The molecule has 0 aliphatic heterocycles. The van der Waals surface area contributed by atoms with Crippen LogP contribution < -0.4 is 0 Å². The van der Waals surface area contributed by atoms with E-state index in [1.54, 1.807) is 0 Å². The second kappa shape index (κ2) is 6.12. The molecular weight excluding hydrogens is 248 g/mol. The van der Waals surface area contributed by atoms with Gasteiger partial charge in [-0.05, 0) is 37.8 Å². The third-order valence-electron chi connectivity index (χ3n) is 2.76. The number of hydrogen-bond donors (Lipinski definition) is 0. The number of halogens is 1. The van der Waals surface area contributed by atoms with Crippen LogP contribution in [0.5, 0.6) is 0 Å². The van der Waals surface area contributed by atoms with Crippen LogP contribution in [0.15, 0.2) is 0 Å². The average molecular weight is 280 g/mol. The molecule has 0 rings (SSSR count). The van der Waals surface area contributed by atoms with E-state index < -0.39 is 16.0 Å². The second-order valence-electron chi connectivity index (χ2n) is 6.92. The van der Waals surface area contributed by atoms with Crippen molar-refractivity contribution >= 4 is 16.0 Å². The number of hydrogen-bond acceptors (Lipinski definition) is 1. The van der Waals surface area contributed by atoms with Crippen molar-refractivity contribution in [1.29, 1.82) is 0 Å². The summed E-state index contributed by atoms with van der Waals surface area (Å²) in [5.74, 6) is 0. The third kappa shape index (κ3) is 4.96. The zero-order valence-corrected chi connectivity index (χ0v) is 15.0. The maximum absolute atomic E-state index is 15.5. The molecule has 104 valence electrons. The van der Waals surface area contributed by atoms with Crippen LogP contribution in [-0.2, 0) is 0 Å². The van der Waals surface area contributed by atoms with Gasteiger partial charge in [0, 0.05) is 5.54 Å². The monoisotopic (exact) mass is 280 g/mol. The Hall–Kier alpha value is 0.537. The highest BCUT2D eigenvalue weighted by molar-refractivity contribution is 7.70. The van der Waals surface area contributed by atoms with Crippen LogP contribution in [0.4, 0.5) is 4.20 Å². The minimum Gasteiger partial charge on any atom is -0.172 e. The maximum Gasteiger partial charge on any atom is 0.266 e. The summed E-state index contributed by atoms with van der Waals surface area (Å²) in [6.07, 6.45) is 3.45. The Bertz CT molecular complexity index is 213. The maximum atomic E-state index is 15.5. The normalized spacial score (nSPS) is 14.5. The van der Waals surface area contributed by atoms with Crippen molar-refractivity contribution in [3.8, 4) is 0 Å². The second-order valence-corrected chi connectivity index (χ2v) is 15.0. The summed E-state index contributed by atoms with van der Waals surface area (Å²) in [7, 11) is -4.05. The van der Waals surface area contributed by atoms with E-state index in [1.165, 1.54) is 0 Å². The highest BCUT2D eigenvalue weighted by Gasteiger charge is 2.55. The summed E-state index contributed by atoms with van der Waals surface area (Å²) in [5.41, 5.74) is -0.0443. The standard InChI is InChI=1S/C13H32FNPSi/c1-9-11-16(14,12-10-2)15(13(3,4)5)17(6,7)8/h9-12H2,1-8H3/q+1. The molecule has 0 heterocycles. The Morgan fingerprint density at radius 1 is 1.00 bits per heavy atom. The number of rotatable bonds is 6. The lowest BCUT2D eigenvalue weighted by Gasteiger charge is -2.45. The molecule has 0 aromatic heterocycles. The molecule has 0 spiro atoms. The van der Waals surface area contributed by atoms with Crippen LogP contribution in [0.3, 0.4) is 0 Å². The molecule has 0 N–H and O–H groups in total. The first-order valence-electron chi connectivity index (χ1n) is 6.86. The molecule has 0 aliphatic rings. The first-order valence-corrected chi connectivity index (χ1v) is 12.3. The molecule has 0 saturated heterocycles. The van der Waals surface area contributed by atoms with Crippen LogP contribution in [0.25, 0.3) is 0 Å². The number of nitrogens with zero attached hydrogens (tertiary/aromatic N) is 1. The largest absolute Gasteiger partial charge is 0.266 e. The zero-order chi connectivity index (χ0) is 13.9. The van der Waals surface area contributed by atoms with E-state index in [2.05, 4.69) is 58.6 Å². The summed E-state index contributed by atoms with van der Waals surface area (Å²) in [4.78, 5) is 0. The Kier molecular flexibility index (Phi) is 6.31. The molecule has 0 saturated carbocycles. The van der Waals surface area contributed by atoms with E-state index in [-0.39, 0.29) is 5.54 Å². The van der Waals surface area contributed by atoms with Crippen molar-refractivity contribution in [3.63, 3.8) is 0 Å². The van der Waals surface area contributed by atoms with E-state index in [0.29, 0.717) is 0 Å². The molecule has 0 aliphatic carbocycles. The fourth-order valence-electron chi connectivity index (χ4n) is 3.08. The Balaban J connectivity index is 5.38. The van der Waals surface area contributed by atoms with Gasteiger partial charge in [-0.1, -0.05) is 33.5 Å². The van der Waals surface area contributed by atoms with Crippen LogP contribution in [0.1, 0.15) is 47.5 Å². The molecule has 0 fully saturated rings. The van der Waals surface area contributed by atoms with E-state index in [1.807, 2.05) is 0 Å². The van der Waals surface area contributed by atoms with Gasteiger partial charge in [-0.3, -0.25) is 0 Å². The Morgan fingerprint density at radius 3 is 1.53 bits per heavy atom. The molecular formula is C13H32FNPSi+. The highest BCUT2D eigenvalue weighted by Crippen LogP contribution is 2.68. The molecule has 0 atom stereocenters. The highest BCUT2D eigenvalue weighted by atomic mass is 31.2. The topological polar surface area (TPSA) is 3.24 Å². The van der Waals surface area contributed by atoms with Gasteiger partial charge >= 0.3 is 0 Å². The van der Waals surface area contributed by atoms with Crippen molar-refractivity contribution in [1.82, 2.24) is 4.34 Å². The first kappa shape index (κ1) is 17.5. The molecule has 0 aromatic carbocycles. The summed E-state index contributed by atoms with van der Waals surface area (Å²) in [6.45, 7) is 17.6. The van der Waals surface area contributed by atoms with Crippen molar-refractivity contribution in [2.24, 2.45) is 0 Å². The molecule has 0 aromatic rings. The van der Waals surface area contributed by atoms with Gasteiger partial charge < -0.3 is 0 Å². The van der Waals surface area contributed by atoms with Gasteiger partial charge in [0.2, 0.25) is 0 Å². The lowest BCUT2D eigenvalue weighted by Crippen LogP contribution is -2.55. The van der Waals surface area contributed by atoms with E-state index in [4.69, 9.17) is 0 Å². The zero-order valence-electron chi connectivity index (χ0n) is 13.1. The van der Waals surface area contributed by atoms with Crippen molar-refractivity contribution < 1.29 is 4.20 Å². The fourth-order valence-corrected chi connectivity index (χ4v) is 13.1. The van der Waals surface area contributed by atoms with Crippen LogP contribution in [-0.4, -0.2) is 30.4 Å².